The summed E-state index contributed by atoms with van der Waals surface area (Å²) in [4.78, 5) is 23.0. The number of carboxylic acid groups (broad SMARTS) is 1. The van der Waals surface area contributed by atoms with Crippen molar-refractivity contribution in [2.45, 2.75) is 6.42 Å². The Morgan fingerprint density at radius 1 is 1.00 bits per heavy atom. The first-order valence-corrected chi connectivity index (χ1v) is 5.78. The summed E-state index contributed by atoms with van der Waals surface area (Å²) in [7, 11) is 0. The van der Waals surface area contributed by atoms with Crippen LogP contribution in [0.4, 0.5) is 5.69 Å². The number of hydrogen-bond donors (Lipinski definition) is 2. The molecule has 2 aromatic rings. The van der Waals surface area contributed by atoms with Crippen molar-refractivity contribution >= 4 is 40.5 Å². The molecule has 0 spiro atoms. The van der Waals surface area contributed by atoms with Gasteiger partial charge in [0.15, 0.2) is 5.78 Å². The summed E-state index contributed by atoms with van der Waals surface area (Å²) in [6.07, 6.45) is -0.193. The number of anilines is 1. The van der Waals surface area contributed by atoms with Gasteiger partial charge in [0, 0.05) is 16.8 Å². The van der Waals surface area contributed by atoms with Gasteiger partial charge in [0.1, 0.15) is 0 Å². The standard InChI is InChI=1S/C15H13NO3.Mg.2H/c16-14-11(9-13(17)18)7-4-8-12(14)15(19)10-5-2-1-3-6-10;;;/h1-8H,9,16H2,(H,17,18);;;. The third-order valence-corrected chi connectivity index (χ3v) is 2.82. The van der Waals surface area contributed by atoms with Crippen LogP contribution in [-0.4, -0.2) is 39.9 Å². The molecular weight excluding hydrogens is 266 g/mol. The summed E-state index contributed by atoms with van der Waals surface area (Å²) in [6.45, 7) is 0. The number of aliphatic carboxylic acids is 1. The first kappa shape index (κ1) is 16.2. The molecule has 0 saturated carbocycles. The van der Waals surface area contributed by atoms with E-state index < -0.39 is 5.97 Å². The van der Waals surface area contributed by atoms with Gasteiger partial charge in [-0.2, -0.15) is 0 Å². The number of carbonyl (C=O) groups excluding carboxylic acids is 1. The SMILES string of the molecule is Nc1c(CC(=O)O)cccc1C(=O)c1ccccc1.[MgH2]. The molecule has 0 aliphatic carbocycles. The fourth-order valence-electron chi connectivity index (χ4n) is 1.87. The van der Waals surface area contributed by atoms with E-state index in [1.807, 2.05) is 6.07 Å². The molecule has 0 aromatic heterocycles. The van der Waals surface area contributed by atoms with E-state index in [-0.39, 0.29) is 40.9 Å². The number of hydrogen-bond acceptors (Lipinski definition) is 3. The van der Waals surface area contributed by atoms with Crippen LogP contribution in [0.15, 0.2) is 48.5 Å². The fraction of sp³-hybridized carbons (Fsp3) is 0.0667. The number of carboxylic acids is 1. The Morgan fingerprint density at radius 2 is 1.65 bits per heavy atom. The Hall–Kier alpha value is -1.85. The van der Waals surface area contributed by atoms with Crippen LogP contribution >= 0.6 is 0 Å². The fourth-order valence-corrected chi connectivity index (χ4v) is 1.87. The highest BCUT2D eigenvalue weighted by atomic mass is 24.3. The van der Waals surface area contributed by atoms with Crippen molar-refractivity contribution in [1.82, 2.24) is 0 Å². The molecule has 0 unspecified atom stereocenters. The van der Waals surface area contributed by atoms with Crippen molar-refractivity contribution in [3.8, 4) is 0 Å². The smallest absolute Gasteiger partial charge is 0.316 e. The number of carbonyl (C=O) groups is 2. The lowest BCUT2D eigenvalue weighted by Crippen LogP contribution is -2.10. The molecule has 0 atom stereocenters. The molecule has 0 heterocycles. The summed E-state index contributed by atoms with van der Waals surface area (Å²) in [5.41, 5.74) is 7.44. The summed E-state index contributed by atoms with van der Waals surface area (Å²) in [6, 6.07) is 13.6. The number of rotatable bonds is 4. The van der Waals surface area contributed by atoms with Crippen molar-refractivity contribution < 1.29 is 14.7 Å². The number of benzene rings is 2. The van der Waals surface area contributed by atoms with Gasteiger partial charge in [-0.1, -0.05) is 42.5 Å². The average molecular weight is 282 g/mol. The monoisotopic (exact) mass is 281 g/mol. The van der Waals surface area contributed by atoms with E-state index in [2.05, 4.69) is 0 Å². The van der Waals surface area contributed by atoms with Crippen LogP contribution in [0.3, 0.4) is 0 Å². The maximum atomic E-state index is 12.3. The molecule has 100 valence electrons. The van der Waals surface area contributed by atoms with Crippen LogP contribution in [0.2, 0.25) is 0 Å². The highest BCUT2D eigenvalue weighted by molar-refractivity contribution is 6.12. The molecule has 2 rings (SSSR count). The van der Waals surface area contributed by atoms with Gasteiger partial charge in [0.25, 0.3) is 0 Å². The number of nitrogen functional groups attached to an aromatic ring is 1. The number of nitrogens with two attached hydrogens (primary N) is 1. The largest absolute Gasteiger partial charge is 0.481 e. The van der Waals surface area contributed by atoms with Gasteiger partial charge >= 0.3 is 29.0 Å². The summed E-state index contributed by atoms with van der Waals surface area (Å²) >= 11 is 0. The molecule has 0 fully saturated rings. The van der Waals surface area contributed by atoms with E-state index in [0.29, 0.717) is 16.7 Å². The van der Waals surface area contributed by atoms with Gasteiger partial charge in [-0.05, 0) is 11.6 Å². The zero-order valence-corrected chi connectivity index (χ0v) is 10.2. The first-order chi connectivity index (χ1) is 9.09. The Labute approximate surface area is 132 Å². The Balaban J connectivity index is 0.00000200. The zero-order chi connectivity index (χ0) is 13.8. The molecule has 0 radical (unpaired) electrons. The predicted molar refractivity (Wildman–Crippen MR) is 80.6 cm³/mol. The second kappa shape index (κ2) is 7.07. The van der Waals surface area contributed by atoms with E-state index in [1.54, 1.807) is 42.5 Å². The normalized spacial score (nSPS) is 9.60. The molecule has 0 bridgehead atoms. The van der Waals surface area contributed by atoms with Gasteiger partial charge in [-0.15, -0.1) is 0 Å². The van der Waals surface area contributed by atoms with Crippen LogP contribution in [-0.2, 0) is 11.2 Å². The topological polar surface area (TPSA) is 80.4 Å². The minimum absolute atomic E-state index is 0. The van der Waals surface area contributed by atoms with Crippen LogP contribution in [0.1, 0.15) is 21.5 Å². The molecule has 0 aliphatic rings. The van der Waals surface area contributed by atoms with Crippen molar-refractivity contribution in [3.63, 3.8) is 0 Å². The van der Waals surface area contributed by atoms with Gasteiger partial charge in [0.05, 0.1) is 6.42 Å². The molecule has 2 aromatic carbocycles. The first-order valence-electron chi connectivity index (χ1n) is 5.78. The zero-order valence-electron chi connectivity index (χ0n) is 10.2. The van der Waals surface area contributed by atoms with E-state index in [4.69, 9.17) is 10.8 Å². The minimum atomic E-state index is -0.976. The van der Waals surface area contributed by atoms with Crippen LogP contribution in [0.25, 0.3) is 0 Å². The molecule has 0 amide bonds. The quantitative estimate of drug-likeness (QED) is 0.501. The third-order valence-electron chi connectivity index (χ3n) is 2.82. The summed E-state index contributed by atoms with van der Waals surface area (Å²) in [5, 5.41) is 8.80. The lowest BCUT2D eigenvalue weighted by molar-refractivity contribution is -0.136. The van der Waals surface area contributed by atoms with E-state index in [1.165, 1.54) is 0 Å². The van der Waals surface area contributed by atoms with E-state index >= 15 is 0 Å². The van der Waals surface area contributed by atoms with Crippen LogP contribution in [0.5, 0.6) is 0 Å². The van der Waals surface area contributed by atoms with Crippen molar-refractivity contribution in [2.75, 3.05) is 5.73 Å². The average Bonchev–Trinajstić information content (AvgIpc) is 2.41. The van der Waals surface area contributed by atoms with Gasteiger partial charge in [0.2, 0.25) is 0 Å². The summed E-state index contributed by atoms with van der Waals surface area (Å²) < 4.78 is 0. The summed E-state index contributed by atoms with van der Waals surface area (Å²) in [5.74, 6) is -1.18. The second-order valence-electron chi connectivity index (χ2n) is 4.14. The van der Waals surface area contributed by atoms with E-state index in [0.717, 1.165) is 0 Å². The van der Waals surface area contributed by atoms with Gasteiger partial charge in [-0.25, -0.2) is 0 Å². The van der Waals surface area contributed by atoms with Crippen molar-refractivity contribution in [2.24, 2.45) is 0 Å². The van der Waals surface area contributed by atoms with E-state index in [9.17, 15) is 9.59 Å². The molecule has 3 N–H and O–H groups in total. The Morgan fingerprint density at radius 3 is 2.25 bits per heavy atom. The second-order valence-corrected chi connectivity index (χ2v) is 4.14. The third kappa shape index (κ3) is 3.58. The molecule has 20 heavy (non-hydrogen) atoms. The lowest BCUT2D eigenvalue weighted by atomic mass is 9.98. The molecule has 5 heteroatoms. The predicted octanol–water partition coefficient (Wildman–Crippen LogP) is 1.21. The van der Waals surface area contributed by atoms with Gasteiger partial charge in [-0.3, -0.25) is 9.59 Å². The maximum absolute atomic E-state index is 12.3. The highest BCUT2D eigenvalue weighted by Gasteiger charge is 2.15. The van der Waals surface area contributed by atoms with Crippen LogP contribution in [0, 0.1) is 0 Å². The van der Waals surface area contributed by atoms with Crippen LogP contribution < -0.4 is 5.73 Å². The Kier molecular flexibility index (Phi) is 5.73. The minimum Gasteiger partial charge on any atom is -0.481 e. The lowest BCUT2D eigenvalue weighted by Gasteiger charge is -2.09. The molecule has 0 aliphatic heterocycles. The van der Waals surface area contributed by atoms with Gasteiger partial charge < -0.3 is 10.8 Å². The Bertz CT molecular complexity index is 626. The van der Waals surface area contributed by atoms with Crippen molar-refractivity contribution in [3.05, 3.63) is 65.2 Å². The highest BCUT2D eigenvalue weighted by Crippen LogP contribution is 2.21. The number of para-hydroxylation sites is 1. The molecule has 0 saturated heterocycles. The molecule has 4 nitrogen and oxygen atoms in total. The molecular formula is C15H15MgNO3. The number of ketones is 1. The van der Waals surface area contributed by atoms with Crippen molar-refractivity contribution in [1.29, 1.82) is 0 Å². The maximum Gasteiger partial charge on any atom is 0.316 e.